The number of carbonyl (C=O) groups excluding carboxylic acids is 1. The molecule has 1 aliphatic heterocycles. The average molecular weight is 352 g/mol. The van der Waals surface area contributed by atoms with Crippen LogP contribution < -0.4 is 5.32 Å². The summed E-state index contributed by atoms with van der Waals surface area (Å²) in [5, 5.41) is 2.81. The van der Waals surface area contributed by atoms with Crippen molar-refractivity contribution in [2.24, 2.45) is 5.92 Å². The molecule has 0 spiro atoms. The molecule has 116 valence electrons. The predicted octanol–water partition coefficient (Wildman–Crippen LogP) is 2.94. The smallest absolute Gasteiger partial charge is 0.261 e. The Hall–Kier alpha value is -0.820. The van der Waals surface area contributed by atoms with Gasteiger partial charge in [0.2, 0.25) is 0 Å². The first-order valence-electron chi connectivity index (χ1n) is 6.37. The zero-order valence-electron chi connectivity index (χ0n) is 11.5. The second kappa shape index (κ2) is 6.12. The molecule has 1 aromatic carbocycles. The number of hydrogen-bond acceptors (Lipinski definition) is 4. The van der Waals surface area contributed by atoms with Crippen molar-refractivity contribution < 1.29 is 17.9 Å². The first-order valence-corrected chi connectivity index (χ1v) is 9.06. The van der Waals surface area contributed by atoms with E-state index in [2.05, 4.69) is 5.32 Å². The summed E-state index contributed by atoms with van der Waals surface area (Å²) in [4.78, 5) is 12.1. The van der Waals surface area contributed by atoms with Crippen molar-refractivity contribution >= 4 is 42.9 Å². The number of amides is 1. The van der Waals surface area contributed by atoms with E-state index in [9.17, 15) is 13.2 Å². The number of hydrogen-bond donors (Lipinski definition) is 1. The van der Waals surface area contributed by atoms with Gasteiger partial charge >= 0.3 is 0 Å². The maximum Gasteiger partial charge on any atom is 0.261 e. The molecule has 8 heteroatoms. The Morgan fingerprint density at radius 3 is 2.57 bits per heavy atom. The monoisotopic (exact) mass is 351 g/mol. The minimum absolute atomic E-state index is 0.102. The number of benzene rings is 1. The highest BCUT2D eigenvalue weighted by Gasteiger charge is 2.31. The summed E-state index contributed by atoms with van der Waals surface area (Å²) < 4.78 is 28.0. The van der Waals surface area contributed by atoms with E-state index in [0.29, 0.717) is 17.9 Å². The molecule has 1 aromatic rings. The Balaban J connectivity index is 2.27. The van der Waals surface area contributed by atoms with Gasteiger partial charge in [0, 0.05) is 17.3 Å². The van der Waals surface area contributed by atoms with Crippen LogP contribution in [0.1, 0.15) is 18.9 Å². The highest BCUT2D eigenvalue weighted by atomic mass is 35.7. The fraction of sp³-hybridized carbons (Fsp3) is 0.462. The lowest BCUT2D eigenvalue weighted by atomic mass is 10.0. The third-order valence-electron chi connectivity index (χ3n) is 3.44. The molecule has 1 fully saturated rings. The average Bonchev–Trinajstić information content (AvgIpc) is 2.78. The molecular weight excluding hydrogens is 337 g/mol. The van der Waals surface area contributed by atoms with Crippen LogP contribution in [-0.2, 0) is 18.6 Å². The molecule has 1 heterocycles. The van der Waals surface area contributed by atoms with E-state index < -0.39 is 15.2 Å². The maximum absolute atomic E-state index is 12.2. The molecule has 2 rings (SSSR count). The Kier molecular flexibility index (Phi) is 4.82. The van der Waals surface area contributed by atoms with Crippen molar-refractivity contribution in [2.45, 2.75) is 31.3 Å². The fourth-order valence-electron chi connectivity index (χ4n) is 2.24. The first-order chi connectivity index (χ1) is 9.70. The summed E-state index contributed by atoms with van der Waals surface area (Å²) in [7, 11) is 1.42. The lowest BCUT2D eigenvalue weighted by molar-refractivity contribution is -0.126. The zero-order chi connectivity index (χ0) is 15.8. The van der Waals surface area contributed by atoms with Crippen LogP contribution in [0.4, 0.5) is 5.69 Å². The van der Waals surface area contributed by atoms with Gasteiger partial charge in [0.1, 0.15) is 6.10 Å². The molecule has 0 aliphatic carbocycles. The predicted molar refractivity (Wildman–Crippen MR) is 81.4 cm³/mol. The molecular formula is C13H15Cl2NO4S. The second-order valence-electron chi connectivity index (χ2n) is 5.08. The molecule has 1 amide bonds. The van der Waals surface area contributed by atoms with Crippen LogP contribution in [0.2, 0.25) is 5.02 Å². The van der Waals surface area contributed by atoms with Crippen molar-refractivity contribution in [2.75, 3.05) is 11.9 Å². The topological polar surface area (TPSA) is 72.5 Å². The second-order valence-corrected chi connectivity index (χ2v) is 8.05. The van der Waals surface area contributed by atoms with Crippen molar-refractivity contribution in [1.82, 2.24) is 0 Å². The molecule has 0 aromatic heterocycles. The SMILES string of the molecule is Cc1cc(S(=O)(=O)Cl)cc(Cl)c1NC(=O)C1OCCC1C. The van der Waals surface area contributed by atoms with Crippen LogP contribution in [0.5, 0.6) is 0 Å². The Morgan fingerprint density at radius 2 is 2.10 bits per heavy atom. The Morgan fingerprint density at radius 1 is 1.43 bits per heavy atom. The fourth-order valence-corrected chi connectivity index (χ4v) is 3.46. The van der Waals surface area contributed by atoms with Crippen molar-refractivity contribution in [3.8, 4) is 0 Å². The van der Waals surface area contributed by atoms with E-state index in [1.807, 2.05) is 6.92 Å². The molecule has 1 N–H and O–H groups in total. The summed E-state index contributed by atoms with van der Waals surface area (Å²) in [5.41, 5.74) is 0.883. The van der Waals surface area contributed by atoms with E-state index in [4.69, 9.17) is 27.0 Å². The van der Waals surface area contributed by atoms with Gasteiger partial charge in [-0.05, 0) is 37.0 Å². The van der Waals surface area contributed by atoms with Crippen LogP contribution in [0.25, 0.3) is 0 Å². The summed E-state index contributed by atoms with van der Waals surface area (Å²) in [6, 6.07) is 2.58. The molecule has 21 heavy (non-hydrogen) atoms. The van der Waals surface area contributed by atoms with Gasteiger partial charge in [0.15, 0.2) is 0 Å². The van der Waals surface area contributed by atoms with Gasteiger partial charge in [-0.25, -0.2) is 8.42 Å². The number of nitrogens with one attached hydrogen (secondary N) is 1. The van der Waals surface area contributed by atoms with Gasteiger partial charge < -0.3 is 10.1 Å². The Labute approximate surface area is 133 Å². The molecule has 1 saturated heterocycles. The van der Waals surface area contributed by atoms with Gasteiger partial charge in [0.25, 0.3) is 15.0 Å². The van der Waals surface area contributed by atoms with E-state index in [1.165, 1.54) is 12.1 Å². The molecule has 0 radical (unpaired) electrons. The van der Waals surface area contributed by atoms with Crippen LogP contribution in [0.15, 0.2) is 17.0 Å². The first kappa shape index (κ1) is 16.5. The minimum Gasteiger partial charge on any atom is -0.368 e. The standard InChI is InChI=1S/C13H15Cl2NO4S/c1-7-3-4-20-12(7)13(17)16-11-8(2)5-9(6-10(11)14)21(15,18)19/h5-7,12H,3-4H2,1-2H3,(H,16,17). The number of carbonyl (C=O) groups is 1. The lowest BCUT2D eigenvalue weighted by Crippen LogP contribution is -2.31. The highest BCUT2D eigenvalue weighted by Crippen LogP contribution is 2.31. The molecule has 1 aliphatic rings. The Bertz CT molecular complexity index is 652. The number of aryl methyl sites for hydroxylation is 1. The summed E-state index contributed by atoms with van der Waals surface area (Å²) in [6.45, 7) is 4.14. The van der Waals surface area contributed by atoms with E-state index in [-0.39, 0.29) is 21.7 Å². The van der Waals surface area contributed by atoms with Crippen LogP contribution >= 0.6 is 22.3 Å². The number of anilines is 1. The van der Waals surface area contributed by atoms with Crippen molar-refractivity contribution in [1.29, 1.82) is 0 Å². The van der Waals surface area contributed by atoms with E-state index in [1.54, 1.807) is 6.92 Å². The molecule has 0 bridgehead atoms. The largest absolute Gasteiger partial charge is 0.368 e. The normalized spacial score (nSPS) is 22.3. The lowest BCUT2D eigenvalue weighted by Gasteiger charge is -2.17. The number of rotatable bonds is 3. The third-order valence-corrected chi connectivity index (χ3v) is 5.07. The summed E-state index contributed by atoms with van der Waals surface area (Å²) in [6.07, 6.45) is 0.311. The highest BCUT2D eigenvalue weighted by molar-refractivity contribution is 8.13. The molecule has 2 unspecified atom stereocenters. The van der Waals surface area contributed by atoms with Crippen LogP contribution in [-0.4, -0.2) is 27.0 Å². The van der Waals surface area contributed by atoms with Gasteiger partial charge in [-0.1, -0.05) is 18.5 Å². The van der Waals surface area contributed by atoms with Crippen molar-refractivity contribution in [3.05, 3.63) is 22.7 Å². The van der Waals surface area contributed by atoms with Gasteiger partial charge in [0.05, 0.1) is 15.6 Å². The molecule has 2 atom stereocenters. The molecule has 5 nitrogen and oxygen atoms in total. The van der Waals surface area contributed by atoms with Crippen LogP contribution in [0.3, 0.4) is 0 Å². The van der Waals surface area contributed by atoms with Gasteiger partial charge in [-0.2, -0.15) is 0 Å². The maximum atomic E-state index is 12.2. The third kappa shape index (κ3) is 3.69. The minimum atomic E-state index is -3.87. The van der Waals surface area contributed by atoms with Crippen molar-refractivity contribution in [3.63, 3.8) is 0 Å². The number of halogens is 2. The summed E-state index contributed by atoms with van der Waals surface area (Å²) >= 11 is 6.05. The molecule has 0 saturated carbocycles. The summed E-state index contributed by atoms with van der Waals surface area (Å²) in [5.74, 6) is -0.155. The van der Waals surface area contributed by atoms with E-state index in [0.717, 1.165) is 6.42 Å². The van der Waals surface area contributed by atoms with Crippen LogP contribution in [0, 0.1) is 12.8 Å². The van der Waals surface area contributed by atoms with E-state index >= 15 is 0 Å². The zero-order valence-corrected chi connectivity index (χ0v) is 13.8. The number of ether oxygens (including phenoxy) is 1. The quantitative estimate of drug-likeness (QED) is 0.849. The van der Waals surface area contributed by atoms with Gasteiger partial charge in [-0.3, -0.25) is 4.79 Å². The van der Waals surface area contributed by atoms with Gasteiger partial charge in [-0.15, -0.1) is 0 Å².